The number of halogens is 2. The van der Waals surface area contributed by atoms with Gasteiger partial charge in [-0.3, -0.25) is 4.79 Å². The van der Waals surface area contributed by atoms with Gasteiger partial charge in [0.25, 0.3) is 0 Å². The highest BCUT2D eigenvalue weighted by Gasteiger charge is 2.22. The highest BCUT2D eigenvalue weighted by molar-refractivity contribution is 14.0. The van der Waals surface area contributed by atoms with E-state index in [2.05, 4.69) is 34.4 Å². The van der Waals surface area contributed by atoms with Crippen molar-refractivity contribution in [3.05, 3.63) is 29.6 Å². The second-order valence-corrected chi connectivity index (χ2v) is 8.09. The Balaban J connectivity index is 0.00000420. The average Bonchev–Trinajstić information content (AvgIpc) is 2.63. The molecule has 0 aliphatic carbocycles. The Morgan fingerprint density at radius 3 is 2.72 bits per heavy atom. The molecule has 0 radical (unpaired) electrons. The number of carbonyl (C=O) groups excluding carboxylic acids is 1. The Kier molecular flexibility index (Phi) is 10.7. The fourth-order valence-corrected chi connectivity index (χ4v) is 3.22. The van der Waals surface area contributed by atoms with Crippen molar-refractivity contribution in [2.75, 3.05) is 45.2 Å². The molecular weight excluding hydrogens is 484 g/mol. The molecule has 1 aliphatic rings. The summed E-state index contributed by atoms with van der Waals surface area (Å²) in [5.74, 6) is 0.913. The Hall–Kier alpha value is -1.58. The number of guanidine groups is 1. The van der Waals surface area contributed by atoms with Crippen LogP contribution in [0.5, 0.6) is 0 Å². The maximum absolute atomic E-state index is 13.4. The van der Waals surface area contributed by atoms with Gasteiger partial charge in [-0.25, -0.2) is 9.38 Å². The van der Waals surface area contributed by atoms with Crippen LogP contribution in [0.3, 0.4) is 0 Å². The quantitative estimate of drug-likeness (QED) is 0.345. The zero-order chi connectivity index (χ0) is 20.7. The highest BCUT2D eigenvalue weighted by Crippen LogP contribution is 2.24. The molecular formula is C21H35FIN5O. The van der Waals surface area contributed by atoms with Gasteiger partial charge in [0.2, 0.25) is 5.91 Å². The second kappa shape index (κ2) is 12.2. The van der Waals surface area contributed by atoms with Crippen LogP contribution in [0.4, 0.5) is 10.1 Å². The average molecular weight is 519 g/mol. The van der Waals surface area contributed by atoms with Crippen molar-refractivity contribution >= 4 is 41.5 Å². The first-order valence-electron chi connectivity index (χ1n) is 10.0. The van der Waals surface area contributed by atoms with E-state index >= 15 is 0 Å². The van der Waals surface area contributed by atoms with Gasteiger partial charge in [-0.1, -0.05) is 13.8 Å². The number of hydrogen-bond donors (Lipinski definition) is 2. The Bertz CT molecular complexity index is 696. The summed E-state index contributed by atoms with van der Waals surface area (Å²) in [5, 5.41) is 6.82. The van der Waals surface area contributed by atoms with Gasteiger partial charge in [0.15, 0.2) is 5.96 Å². The summed E-state index contributed by atoms with van der Waals surface area (Å²) in [7, 11) is 3.47. The van der Waals surface area contributed by atoms with Crippen LogP contribution in [0.2, 0.25) is 0 Å². The molecule has 6 nitrogen and oxygen atoms in total. The van der Waals surface area contributed by atoms with Gasteiger partial charge < -0.3 is 20.4 Å². The fourth-order valence-electron chi connectivity index (χ4n) is 3.22. The van der Waals surface area contributed by atoms with Crippen molar-refractivity contribution in [2.45, 2.75) is 39.7 Å². The largest absolute Gasteiger partial charge is 0.369 e. The molecule has 0 saturated carbocycles. The minimum Gasteiger partial charge on any atom is -0.369 e. The molecule has 29 heavy (non-hydrogen) atoms. The number of carbonyl (C=O) groups is 1. The number of piperidine rings is 1. The number of aliphatic imine (C=N–C) groups is 1. The summed E-state index contributed by atoms with van der Waals surface area (Å²) in [6, 6.07) is 5.17. The number of aryl methyl sites for hydroxylation is 1. The summed E-state index contributed by atoms with van der Waals surface area (Å²) in [5.41, 5.74) is 2.02. The van der Waals surface area contributed by atoms with Gasteiger partial charge in [0.05, 0.1) is 0 Å². The van der Waals surface area contributed by atoms with Crippen LogP contribution in [0.25, 0.3) is 0 Å². The van der Waals surface area contributed by atoms with Crippen LogP contribution < -0.4 is 15.5 Å². The third-order valence-electron chi connectivity index (χ3n) is 4.81. The molecule has 0 aromatic heterocycles. The highest BCUT2D eigenvalue weighted by atomic mass is 127. The number of benzene rings is 1. The third-order valence-corrected chi connectivity index (χ3v) is 4.81. The summed E-state index contributed by atoms with van der Waals surface area (Å²) in [6.45, 7) is 8.89. The molecule has 1 atom stereocenters. The summed E-state index contributed by atoms with van der Waals surface area (Å²) in [6.07, 6.45) is 2.07. The van der Waals surface area contributed by atoms with Crippen molar-refractivity contribution in [3.63, 3.8) is 0 Å². The molecule has 1 unspecified atom stereocenters. The molecule has 8 heteroatoms. The number of rotatable bonds is 6. The first kappa shape index (κ1) is 25.5. The Morgan fingerprint density at radius 2 is 2.10 bits per heavy atom. The SMILES string of the molecule is Cc1cc(F)ccc1N1CCCC(NC(=NCC(=O)N(C)C)NCC(C)C)C1.I. The predicted molar refractivity (Wildman–Crippen MR) is 129 cm³/mol. The van der Waals surface area contributed by atoms with E-state index in [9.17, 15) is 9.18 Å². The lowest BCUT2D eigenvalue weighted by Gasteiger charge is -2.36. The molecule has 1 aromatic carbocycles. The zero-order valence-corrected chi connectivity index (χ0v) is 20.5. The summed E-state index contributed by atoms with van der Waals surface area (Å²) >= 11 is 0. The van der Waals surface area contributed by atoms with Gasteiger partial charge in [-0.2, -0.15) is 0 Å². The summed E-state index contributed by atoms with van der Waals surface area (Å²) < 4.78 is 13.4. The first-order chi connectivity index (χ1) is 13.3. The van der Waals surface area contributed by atoms with E-state index in [1.807, 2.05) is 13.0 Å². The molecule has 2 N–H and O–H groups in total. The fraction of sp³-hybridized carbons (Fsp3) is 0.619. The van der Waals surface area contributed by atoms with E-state index in [-0.39, 0.29) is 48.3 Å². The van der Waals surface area contributed by atoms with Crippen LogP contribution in [0, 0.1) is 18.7 Å². The minimum atomic E-state index is -0.203. The lowest BCUT2D eigenvalue weighted by molar-refractivity contribution is -0.127. The van der Waals surface area contributed by atoms with Crippen LogP contribution in [-0.4, -0.2) is 63.1 Å². The van der Waals surface area contributed by atoms with Crippen LogP contribution in [0.15, 0.2) is 23.2 Å². The van der Waals surface area contributed by atoms with Crippen LogP contribution in [-0.2, 0) is 4.79 Å². The molecule has 0 spiro atoms. The van der Waals surface area contributed by atoms with Crippen molar-refractivity contribution in [3.8, 4) is 0 Å². The maximum atomic E-state index is 13.4. The topological polar surface area (TPSA) is 60.0 Å². The van der Waals surface area contributed by atoms with Crippen molar-refractivity contribution in [1.82, 2.24) is 15.5 Å². The lowest BCUT2D eigenvalue weighted by atomic mass is 10.0. The van der Waals surface area contributed by atoms with E-state index in [1.54, 1.807) is 25.1 Å². The van der Waals surface area contributed by atoms with E-state index in [0.29, 0.717) is 11.9 Å². The van der Waals surface area contributed by atoms with E-state index < -0.39 is 0 Å². The number of nitrogens with one attached hydrogen (secondary N) is 2. The van der Waals surface area contributed by atoms with E-state index in [1.165, 1.54) is 6.07 Å². The molecule has 164 valence electrons. The van der Waals surface area contributed by atoms with Crippen LogP contribution in [0.1, 0.15) is 32.3 Å². The number of nitrogens with zero attached hydrogens (tertiary/aromatic N) is 3. The monoisotopic (exact) mass is 519 g/mol. The molecule has 1 heterocycles. The lowest BCUT2D eigenvalue weighted by Crippen LogP contribution is -2.52. The van der Waals surface area contributed by atoms with Crippen molar-refractivity contribution in [1.29, 1.82) is 0 Å². The standard InChI is InChI=1S/C21H34FN5O.HI/c1-15(2)12-23-21(24-13-20(28)26(4)5)25-18-7-6-10-27(14-18)19-9-8-17(22)11-16(19)3;/h8-9,11,15,18H,6-7,10,12-14H2,1-5H3,(H2,23,24,25);1H. The molecule has 1 aromatic rings. The van der Waals surface area contributed by atoms with E-state index in [0.717, 1.165) is 43.7 Å². The second-order valence-electron chi connectivity index (χ2n) is 8.09. The number of amides is 1. The van der Waals surface area contributed by atoms with Gasteiger partial charge in [-0.05, 0) is 49.4 Å². The number of anilines is 1. The van der Waals surface area contributed by atoms with Gasteiger partial charge in [-0.15, -0.1) is 24.0 Å². The maximum Gasteiger partial charge on any atom is 0.243 e. The Labute approximate surface area is 191 Å². The normalized spacial score (nSPS) is 17.0. The number of likely N-dealkylation sites (N-methyl/N-ethyl adjacent to an activating group) is 1. The molecule has 2 rings (SSSR count). The van der Waals surface area contributed by atoms with Gasteiger partial charge in [0.1, 0.15) is 12.4 Å². The van der Waals surface area contributed by atoms with Gasteiger partial charge >= 0.3 is 0 Å². The minimum absolute atomic E-state index is 0. The molecule has 1 fully saturated rings. The smallest absolute Gasteiger partial charge is 0.243 e. The molecule has 0 bridgehead atoms. The summed E-state index contributed by atoms with van der Waals surface area (Å²) in [4.78, 5) is 20.2. The van der Waals surface area contributed by atoms with Crippen molar-refractivity contribution < 1.29 is 9.18 Å². The molecule has 1 saturated heterocycles. The third kappa shape index (κ3) is 8.36. The Morgan fingerprint density at radius 1 is 1.38 bits per heavy atom. The molecule has 1 amide bonds. The van der Waals surface area contributed by atoms with E-state index in [4.69, 9.17) is 0 Å². The first-order valence-corrected chi connectivity index (χ1v) is 10.0. The zero-order valence-electron chi connectivity index (χ0n) is 18.2. The predicted octanol–water partition coefficient (Wildman–Crippen LogP) is 3.00. The molecule has 1 aliphatic heterocycles. The van der Waals surface area contributed by atoms with Crippen molar-refractivity contribution in [2.24, 2.45) is 10.9 Å². The number of hydrogen-bond acceptors (Lipinski definition) is 3. The van der Waals surface area contributed by atoms with Gasteiger partial charge in [0, 0.05) is 45.5 Å². The van der Waals surface area contributed by atoms with Crippen LogP contribution >= 0.6 is 24.0 Å².